The Labute approximate surface area is 213 Å². The van der Waals surface area contributed by atoms with Crippen LogP contribution >= 0.6 is 18.9 Å². The molecule has 1 atom stereocenters. The Balaban J connectivity index is 2.04. The molecule has 4 rings (SSSR count). The predicted molar refractivity (Wildman–Crippen MR) is 152 cm³/mol. The van der Waals surface area contributed by atoms with E-state index in [-0.39, 0.29) is 5.91 Å². The number of amides is 1. The van der Waals surface area contributed by atoms with Crippen LogP contribution in [0.25, 0.3) is 0 Å². The first-order chi connectivity index (χ1) is 17.2. The zero-order valence-corrected chi connectivity index (χ0v) is 21.1. The molecule has 35 heavy (non-hydrogen) atoms. The molecule has 0 bridgehead atoms. The highest BCUT2D eigenvalue weighted by Gasteiger charge is 2.56. The summed E-state index contributed by atoms with van der Waals surface area (Å²) in [5, 5.41) is 7.25. The summed E-state index contributed by atoms with van der Waals surface area (Å²) in [7, 11) is -2.51. The van der Waals surface area contributed by atoms with Crippen LogP contribution in [0, 0.1) is 0 Å². The molecular weight excluding hydrogens is 469 g/mol. The Morgan fingerprint density at radius 3 is 1.66 bits per heavy atom. The topological polar surface area (TPSA) is 29.1 Å². The molecule has 0 saturated carbocycles. The fourth-order valence-corrected chi connectivity index (χ4v) is 9.40. The third-order valence-corrected chi connectivity index (χ3v) is 10.9. The smallest absolute Gasteiger partial charge is 0.266 e. The number of carbonyl (C=O) groups is 1. The van der Waals surface area contributed by atoms with E-state index in [2.05, 4.69) is 84.7 Å². The maximum Gasteiger partial charge on any atom is 0.266 e. The normalized spacial score (nSPS) is 12.3. The van der Waals surface area contributed by atoms with Gasteiger partial charge < -0.3 is 5.32 Å². The van der Waals surface area contributed by atoms with Crippen molar-refractivity contribution in [3.63, 3.8) is 0 Å². The summed E-state index contributed by atoms with van der Waals surface area (Å²) in [6.07, 6.45) is 5.45. The molecule has 0 fully saturated rings. The number of hydrogen-bond donors (Lipinski definition) is 1. The molecule has 4 aromatic carbocycles. The lowest BCUT2D eigenvalue weighted by atomic mass is 10.1. The van der Waals surface area contributed by atoms with Gasteiger partial charge in [0.2, 0.25) is 0 Å². The molecule has 4 heteroatoms. The monoisotopic (exact) mass is 496 g/mol. The summed E-state index contributed by atoms with van der Waals surface area (Å²) < 4.78 is 0. The second kappa shape index (κ2) is 11.8. The number of hydrogen-bond acceptors (Lipinski definition) is 1. The average Bonchev–Trinajstić information content (AvgIpc) is 2.92. The predicted octanol–water partition coefficient (Wildman–Crippen LogP) is 6.23. The van der Waals surface area contributed by atoms with Crippen molar-refractivity contribution in [1.29, 1.82) is 0 Å². The highest BCUT2D eigenvalue weighted by molar-refractivity contribution is 7.96. The standard InChI is InChI=1S/C31H27ClNOP/c1-2-3-13-24-33-31(34)30(25-20-22-26(32)23-21-25)35(27-14-7-4-8-15-27,28-16-9-5-10-17-28)29-18-11-6-12-19-29/h2-23,30H,1,24H2/p+1/b13-3+. The highest BCUT2D eigenvalue weighted by Crippen LogP contribution is 2.66. The van der Waals surface area contributed by atoms with Gasteiger partial charge in [-0.1, -0.05) is 103 Å². The molecule has 1 unspecified atom stereocenters. The van der Waals surface area contributed by atoms with Crippen molar-refractivity contribution in [2.45, 2.75) is 5.66 Å². The van der Waals surface area contributed by atoms with Gasteiger partial charge in [0.1, 0.15) is 23.2 Å². The van der Waals surface area contributed by atoms with Crippen LogP contribution in [-0.4, -0.2) is 12.5 Å². The summed E-state index contributed by atoms with van der Waals surface area (Å²) >= 11 is 6.27. The molecule has 1 amide bonds. The van der Waals surface area contributed by atoms with E-state index in [4.69, 9.17) is 11.6 Å². The van der Waals surface area contributed by atoms with Gasteiger partial charge in [0.25, 0.3) is 5.91 Å². The first-order valence-corrected chi connectivity index (χ1v) is 13.8. The molecule has 4 aromatic rings. The van der Waals surface area contributed by atoms with Crippen LogP contribution < -0.4 is 21.2 Å². The van der Waals surface area contributed by atoms with Gasteiger partial charge in [-0.2, -0.15) is 0 Å². The van der Waals surface area contributed by atoms with Gasteiger partial charge >= 0.3 is 0 Å². The first-order valence-electron chi connectivity index (χ1n) is 11.5. The Morgan fingerprint density at radius 2 is 1.23 bits per heavy atom. The van der Waals surface area contributed by atoms with E-state index in [0.717, 1.165) is 21.5 Å². The molecule has 0 heterocycles. The Hall–Kier alpha value is -3.45. The molecule has 0 aliphatic carbocycles. The van der Waals surface area contributed by atoms with Crippen LogP contribution in [0.2, 0.25) is 5.02 Å². The van der Waals surface area contributed by atoms with Crippen molar-refractivity contribution < 1.29 is 4.79 Å². The van der Waals surface area contributed by atoms with E-state index in [9.17, 15) is 4.79 Å². The van der Waals surface area contributed by atoms with Crippen molar-refractivity contribution >= 4 is 40.7 Å². The minimum atomic E-state index is -2.51. The molecule has 1 N–H and O–H groups in total. The number of carbonyl (C=O) groups excluding carboxylic acids is 1. The van der Waals surface area contributed by atoms with Gasteiger partial charge in [-0.3, -0.25) is 4.79 Å². The summed E-state index contributed by atoms with van der Waals surface area (Å²) in [6, 6.07) is 39.0. The zero-order valence-electron chi connectivity index (χ0n) is 19.4. The Morgan fingerprint density at radius 1 is 0.771 bits per heavy atom. The maximum atomic E-state index is 14.2. The second-order valence-corrected chi connectivity index (χ2v) is 12.0. The van der Waals surface area contributed by atoms with Gasteiger partial charge in [0, 0.05) is 17.1 Å². The number of benzene rings is 4. The van der Waals surface area contributed by atoms with Gasteiger partial charge in [-0.25, -0.2) is 0 Å². The van der Waals surface area contributed by atoms with Crippen LogP contribution in [-0.2, 0) is 4.79 Å². The zero-order chi connectivity index (χ0) is 24.5. The lowest BCUT2D eigenvalue weighted by molar-refractivity contribution is -0.120. The van der Waals surface area contributed by atoms with E-state index in [1.807, 2.05) is 54.6 Å². The van der Waals surface area contributed by atoms with Crippen LogP contribution in [0.1, 0.15) is 11.2 Å². The van der Waals surface area contributed by atoms with E-state index < -0.39 is 12.9 Å². The fourth-order valence-electron chi connectivity index (χ4n) is 4.50. The fraction of sp³-hybridized carbons (Fsp3) is 0.0645. The molecule has 0 spiro atoms. The molecular formula is C31H28ClNOP+. The maximum absolute atomic E-state index is 14.2. The molecule has 2 nitrogen and oxygen atoms in total. The van der Waals surface area contributed by atoms with E-state index in [0.29, 0.717) is 11.6 Å². The summed E-state index contributed by atoms with van der Waals surface area (Å²) in [6.45, 7) is 4.14. The third-order valence-electron chi connectivity index (χ3n) is 5.98. The summed E-state index contributed by atoms with van der Waals surface area (Å²) in [5.41, 5.74) is 0.480. The molecule has 0 aromatic heterocycles. The Bertz CT molecular complexity index is 1180. The first kappa shape index (κ1) is 24.7. The van der Waals surface area contributed by atoms with Gasteiger partial charge in [0.05, 0.1) is 0 Å². The molecule has 174 valence electrons. The number of rotatable bonds is 9. The van der Waals surface area contributed by atoms with Crippen LogP contribution in [0.4, 0.5) is 0 Å². The Kier molecular flexibility index (Phi) is 8.32. The van der Waals surface area contributed by atoms with Crippen molar-refractivity contribution in [2.24, 2.45) is 0 Å². The largest absolute Gasteiger partial charge is 0.349 e. The van der Waals surface area contributed by atoms with E-state index in [1.54, 1.807) is 6.08 Å². The lowest BCUT2D eigenvalue weighted by Gasteiger charge is -2.34. The molecule has 0 aliphatic heterocycles. The van der Waals surface area contributed by atoms with Crippen molar-refractivity contribution in [2.75, 3.05) is 6.54 Å². The summed E-state index contributed by atoms with van der Waals surface area (Å²) in [4.78, 5) is 14.2. The van der Waals surface area contributed by atoms with E-state index in [1.165, 1.54) is 0 Å². The molecule has 0 saturated heterocycles. The minimum absolute atomic E-state index is 0.0223. The van der Waals surface area contributed by atoms with Crippen LogP contribution in [0.5, 0.6) is 0 Å². The van der Waals surface area contributed by atoms with E-state index >= 15 is 0 Å². The van der Waals surface area contributed by atoms with Crippen LogP contribution in [0.15, 0.2) is 140 Å². The quantitative estimate of drug-likeness (QED) is 0.216. The SMILES string of the molecule is C=C/C=C/CNC(=O)C(c1ccc(Cl)cc1)[P+](c1ccccc1)(c1ccccc1)c1ccccc1. The molecule has 0 radical (unpaired) electrons. The van der Waals surface area contributed by atoms with Gasteiger partial charge in [0.15, 0.2) is 5.66 Å². The van der Waals surface area contributed by atoms with Gasteiger partial charge in [-0.05, 0) is 48.5 Å². The highest BCUT2D eigenvalue weighted by atomic mass is 35.5. The van der Waals surface area contributed by atoms with Crippen molar-refractivity contribution in [3.05, 3.63) is 151 Å². The van der Waals surface area contributed by atoms with Crippen LogP contribution in [0.3, 0.4) is 0 Å². The number of halogens is 1. The third kappa shape index (κ3) is 5.30. The second-order valence-electron chi connectivity index (χ2n) is 8.09. The minimum Gasteiger partial charge on any atom is -0.349 e. The number of allylic oxidation sites excluding steroid dienone is 2. The van der Waals surface area contributed by atoms with Crippen molar-refractivity contribution in [1.82, 2.24) is 5.32 Å². The lowest BCUT2D eigenvalue weighted by Crippen LogP contribution is -2.42. The summed E-state index contributed by atoms with van der Waals surface area (Å²) in [5.74, 6) is -0.0223. The van der Waals surface area contributed by atoms with Crippen molar-refractivity contribution in [3.8, 4) is 0 Å². The van der Waals surface area contributed by atoms with Gasteiger partial charge in [-0.15, -0.1) is 0 Å². The number of nitrogens with one attached hydrogen (secondary N) is 1. The molecule has 0 aliphatic rings. The average molecular weight is 497 g/mol.